The highest BCUT2D eigenvalue weighted by Gasteiger charge is 2.33. The molecular formula is C20H24N2O. The van der Waals surface area contributed by atoms with Crippen molar-refractivity contribution < 1.29 is 4.74 Å². The zero-order valence-electron chi connectivity index (χ0n) is 13.7. The summed E-state index contributed by atoms with van der Waals surface area (Å²) >= 11 is 0. The van der Waals surface area contributed by atoms with Crippen LogP contribution in [0.5, 0.6) is 5.75 Å². The first-order chi connectivity index (χ1) is 11.3. The van der Waals surface area contributed by atoms with Crippen LogP contribution in [0.15, 0.2) is 42.6 Å². The summed E-state index contributed by atoms with van der Waals surface area (Å²) in [6.07, 6.45) is 6.00. The number of ether oxygens (including phenoxy) is 1. The summed E-state index contributed by atoms with van der Waals surface area (Å²) in [5.41, 5.74) is 3.43. The molecule has 0 N–H and O–H groups in total. The van der Waals surface area contributed by atoms with E-state index in [1.165, 1.54) is 38.0 Å². The molecule has 1 aromatic heterocycles. The number of nitrogens with zero attached hydrogens (tertiary/aromatic N) is 2. The number of fused-ring (bicyclic) bond motifs is 2. The second kappa shape index (κ2) is 6.32. The van der Waals surface area contributed by atoms with Crippen molar-refractivity contribution in [2.45, 2.75) is 32.3 Å². The lowest BCUT2D eigenvalue weighted by Gasteiger charge is -2.42. The van der Waals surface area contributed by atoms with E-state index < -0.39 is 0 Å². The fourth-order valence-electron chi connectivity index (χ4n) is 3.82. The predicted octanol–water partition coefficient (Wildman–Crippen LogP) is 3.92. The fraction of sp³-hybridized carbons (Fsp3) is 0.450. The van der Waals surface area contributed by atoms with Gasteiger partial charge < -0.3 is 9.64 Å². The Morgan fingerprint density at radius 1 is 1.04 bits per heavy atom. The molecule has 0 spiro atoms. The Morgan fingerprint density at radius 3 is 2.70 bits per heavy atom. The Morgan fingerprint density at radius 2 is 1.91 bits per heavy atom. The number of benzene rings is 1. The van der Waals surface area contributed by atoms with Gasteiger partial charge in [0.1, 0.15) is 11.9 Å². The minimum absolute atomic E-state index is 0.360. The van der Waals surface area contributed by atoms with E-state index in [4.69, 9.17) is 4.74 Å². The molecule has 0 radical (unpaired) electrons. The average molecular weight is 308 g/mol. The van der Waals surface area contributed by atoms with Gasteiger partial charge in [-0.05, 0) is 44.9 Å². The minimum Gasteiger partial charge on any atom is -0.488 e. The Bertz CT molecular complexity index is 650. The molecule has 3 heterocycles. The first kappa shape index (κ1) is 14.7. The molecule has 0 saturated carbocycles. The summed E-state index contributed by atoms with van der Waals surface area (Å²) in [6.45, 7) is 5.76. The average Bonchev–Trinajstić information content (AvgIpc) is 2.59. The van der Waals surface area contributed by atoms with Crippen molar-refractivity contribution in [3.05, 3.63) is 48.2 Å². The largest absolute Gasteiger partial charge is 0.488 e. The van der Waals surface area contributed by atoms with Gasteiger partial charge in [-0.25, -0.2) is 0 Å². The van der Waals surface area contributed by atoms with Crippen molar-refractivity contribution in [2.75, 3.05) is 19.6 Å². The zero-order valence-corrected chi connectivity index (χ0v) is 13.7. The van der Waals surface area contributed by atoms with Gasteiger partial charge >= 0.3 is 0 Å². The molecule has 3 unspecified atom stereocenters. The van der Waals surface area contributed by atoms with Crippen LogP contribution in [0.4, 0.5) is 0 Å². The molecule has 2 saturated heterocycles. The van der Waals surface area contributed by atoms with E-state index in [-0.39, 0.29) is 0 Å². The highest BCUT2D eigenvalue weighted by molar-refractivity contribution is 5.59. The van der Waals surface area contributed by atoms with Crippen LogP contribution in [0.3, 0.4) is 0 Å². The Kier molecular flexibility index (Phi) is 4.04. The van der Waals surface area contributed by atoms with Crippen LogP contribution in [0.2, 0.25) is 0 Å². The van der Waals surface area contributed by atoms with E-state index in [1.54, 1.807) is 0 Å². The number of aryl methyl sites for hydroxylation is 1. The van der Waals surface area contributed by atoms with Gasteiger partial charge in [0.25, 0.3) is 0 Å². The summed E-state index contributed by atoms with van der Waals surface area (Å²) in [4.78, 5) is 7.16. The van der Waals surface area contributed by atoms with Crippen LogP contribution in [-0.2, 0) is 0 Å². The van der Waals surface area contributed by atoms with E-state index in [0.717, 1.165) is 23.4 Å². The molecule has 3 nitrogen and oxygen atoms in total. The molecule has 2 aliphatic rings. The summed E-state index contributed by atoms with van der Waals surface area (Å²) in [7, 11) is 0. The van der Waals surface area contributed by atoms with Crippen molar-refractivity contribution in [3.8, 4) is 17.0 Å². The van der Waals surface area contributed by atoms with Gasteiger partial charge in [-0.15, -0.1) is 0 Å². The predicted molar refractivity (Wildman–Crippen MR) is 92.6 cm³/mol. The number of aromatic nitrogens is 1. The van der Waals surface area contributed by atoms with Crippen LogP contribution in [-0.4, -0.2) is 35.6 Å². The van der Waals surface area contributed by atoms with Gasteiger partial charge in [0, 0.05) is 24.6 Å². The Hall–Kier alpha value is -1.87. The quantitative estimate of drug-likeness (QED) is 0.859. The molecule has 3 heteroatoms. The molecule has 3 atom stereocenters. The van der Waals surface area contributed by atoms with Crippen molar-refractivity contribution in [1.29, 1.82) is 0 Å². The van der Waals surface area contributed by atoms with E-state index in [1.807, 2.05) is 6.20 Å². The lowest BCUT2D eigenvalue weighted by Crippen LogP contribution is -2.48. The van der Waals surface area contributed by atoms with Gasteiger partial charge in [-0.3, -0.25) is 4.98 Å². The topological polar surface area (TPSA) is 25.4 Å². The van der Waals surface area contributed by atoms with Crippen LogP contribution in [0.1, 0.15) is 24.8 Å². The maximum Gasteiger partial charge on any atom is 0.138 e. The number of rotatable bonds is 3. The highest BCUT2D eigenvalue weighted by Crippen LogP contribution is 2.30. The fourth-order valence-corrected chi connectivity index (χ4v) is 3.82. The molecule has 2 aliphatic heterocycles. The number of hydrogen-bond donors (Lipinski definition) is 0. The molecule has 120 valence electrons. The highest BCUT2D eigenvalue weighted by atomic mass is 16.5. The van der Waals surface area contributed by atoms with Crippen molar-refractivity contribution in [3.63, 3.8) is 0 Å². The molecule has 23 heavy (non-hydrogen) atoms. The molecule has 1 aromatic carbocycles. The van der Waals surface area contributed by atoms with E-state index in [9.17, 15) is 0 Å². The molecule has 2 fully saturated rings. The molecule has 0 aliphatic carbocycles. The van der Waals surface area contributed by atoms with Crippen LogP contribution in [0.25, 0.3) is 11.3 Å². The van der Waals surface area contributed by atoms with Crippen LogP contribution in [0, 0.1) is 12.8 Å². The third-order valence-corrected chi connectivity index (χ3v) is 5.17. The second-order valence-corrected chi connectivity index (χ2v) is 6.89. The smallest absolute Gasteiger partial charge is 0.138 e. The second-order valence-electron chi connectivity index (χ2n) is 6.89. The summed E-state index contributed by atoms with van der Waals surface area (Å²) in [5, 5.41) is 0. The summed E-state index contributed by atoms with van der Waals surface area (Å²) < 4.78 is 6.26. The third-order valence-electron chi connectivity index (χ3n) is 5.17. The zero-order chi connectivity index (χ0) is 15.6. The normalized spacial score (nSPS) is 26.7. The third kappa shape index (κ3) is 3.25. The maximum atomic E-state index is 6.26. The summed E-state index contributed by atoms with van der Waals surface area (Å²) in [6, 6.07) is 12.6. The van der Waals surface area contributed by atoms with E-state index >= 15 is 0 Å². The Balaban J connectivity index is 1.45. The molecular weight excluding hydrogens is 284 g/mol. The number of piperidine rings is 2. The lowest BCUT2D eigenvalue weighted by atomic mass is 9.87. The molecule has 0 amide bonds. The van der Waals surface area contributed by atoms with E-state index in [2.05, 4.69) is 53.2 Å². The van der Waals surface area contributed by atoms with Crippen molar-refractivity contribution in [1.82, 2.24) is 9.88 Å². The van der Waals surface area contributed by atoms with Crippen LogP contribution >= 0.6 is 0 Å². The SMILES string of the molecule is Cc1ccc(-c2ccc(OC3CCN4CCCC3C4)cn2)cc1. The number of hydrogen-bond acceptors (Lipinski definition) is 3. The maximum absolute atomic E-state index is 6.26. The van der Waals surface area contributed by atoms with Gasteiger partial charge in [0.2, 0.25) is 0 Å². The monoisotopic (exact) mass is 308 g/mol. The lowest BCUT2D eigenvalue weighted by molar-refractivity contribution is 0.0150. The number of pyridine rings is 1. The summed E-state index contributed by atoms with van der Waals surface area (Å²) in [5.74, 6) is 1.60. The minimum atomic E-state index is 0.360. The molecule has 2 bridgehead atoms. The first-order valence-electron chi connectivity index (χ1n) is 8.70. The standard InChI is InChI=1S/C20H24N2O/c1-15-4-6-16(7-5-15)19-9-8-18(13-21-19)23-20-10-12-22-11-2-3-17(20)14-22/h4-9,13,17,20H,2-3,10-12,14H2,1H3. The van der Waals surface area contributed by atoms with Gasteiger partial charge in [-0.2, -0.15) is 0 Å². The van der Waals surface area contributed by atoms with Crippen molar-refractivity contribution in [2.24, 2.45) is 5.92 Å². The van der Waals surface area contributed by atoms with Gasteiger partial charge in [0.05, 0.1) is 11.9 Å². The van der Waals surface area contributed by atoms with Crippen molar-refractivity contribution >= 4 is 0 Å². The van der Waals surface area contributed by atoms with E-state index in [0.29, 0.717) is 12.0 Å². The van der Waals surface area contributed by atoms with Gasteiger partial charge in [-0.1, -0.05) is 29.8 Å². The van der Waals surface area contributed by atoms with Gasteiger partial charge in [0.15, 0.2) is 0 Å². The molecule has 4 rings (SSSR count). The molecule has 2 aromatic rings. The first-order valence-corrected chi connectivity index (χ1v) is 8.70. The Labute approximate surface area is 138 Å². The van der Waals surface area contributed by atoms with Crippen LogP contribution < -0.4 is 4.74 Å².